The van der Waals surface area contributed by atoms with Crippen LogP contribution in [0.15, 0.2) is 63.6 Å². The maximum Gasteiger partial charge on any atom is 0.273 e. The van der Waals surface area contributed by atoms with Crippen LogP contribution in [0.25, 0.3) is 11.3 Å². The monoisotopic (exact) mass is 473 g/mol. The van der Waals surface area contributed by atoms with E-state index in [4.69, 9.17) is 16.1 Å². The van der Waals surface area contributed by atoms with Crippen LogP contribution in [0.2, 0.25) is 5.02 Å². The SMILES string of the molecule is O=C(NCC(c1ccc(Cl)cc1)N1CCCC1)c1cc(-c2ccc(Br)cc2)on1. The number of hydrogen-bond acceptors (Lipinski definition) is 4. The van der Waals surface area contributed by atoms with Gasteiger partial charge in [0.25, 0.3) is 5.91 Å². The number of halogens is 2. The van der Waals surface area contributed by atoms with E-state index in [1.54, 1.807) is 6.07 Å². The Morgan fingerprint density at radius 2 is 1.83 bits per heavy atom. The van der Waals surface area contributed by atoms with Crippen LogP contribution in [0.4, 0.5) is 0 Å². The molecule has 7 heteroatoms. The van der Waals surface area contributed by atoms with E-state index < -0.39 is 0 Å². The summed E-state index contributed by atoms with van der Waals surface area (Å²) in [5.74, 6) is 0.326. The molecule has 0 radical (unpaired) electrons. The van der Waals surface area contributed by atoms with Crippen LogP contribution in [0.5, 0.6) is 0 Å². The van der Waals surface area contributed by atoms with Gasteiger partial charge in [-0.3, -0.25) is 9.69 Å². The largest absolute Gasteiger partial charge is 0.355 e. The zero-order valence-corrected chi connectivity index (χ0v) is 18.1. The van der Waals surface area contributed by atoms with Gasteiger partial charge in [0, 0.05) is 27.7 Å². The Balaban J connectivity index is 1.45. The zero-order chi connectivity index (χ0) is 20.2. The van der Waals surface area contributed by atoms with Gasteiger partial charge in [-0.1, -0.05) is 57.0 Å². The second-order valence-corrected chi connectivity index (χ2v) is 8.46. The molecule has 2 heterocycles. The molecule has 150 valence electrons. The fourth-order valence-corrected chi connectivity index (χ4v) is 4.00. The quantitative estimate of drug-likeness (QED) is 0.525. The van der Waals surface area contributed by atoms with Crippen LogP contribution in [0, 0.1) is 0 Å². The number of rotatable bonds is 6. The molecule has 0 spiro atoms. The van der Waals surface area contributed by atoms with Crippen molar-refractivity contribution in [1.29, 1.82) is 0 Å². The van der Waals surface area contributed by atoms with Gasteiger partial charge >= 0.3 is 0 Å². The summed E-state index contributed by atoms with van der Waals surface area (Å²) in [7, 11) is 0. The Hall–Kier alpha value is -2.15. The van der Waals surface area contributed by atoms with Gasteiger partial charge < -0.3 is 9.84 Å². The molecule has 1 aliphatic rings. The summed E-state index contributed by atoms with van der Waals surface area (Å²) >= 11 is 9.45. The van der Waals surface area contributed by atoms with Gasteiger partial charge in [0.05, 0.1) is 6.04 Å². The number of hydrogen-bond donors (Lipinski definition) is 1. The molecule has 1 saturated heterocycles. The molecule has 3 aromatic rings. The van der Waals surface area contributed by atoms with Crippen LogP contribution >= 0.6 is 27.5 Å². The summed E-state index contributed by atoms with van der Waals surface area (Å²) in [4.78, 5) is 15.1. The minimum absolute atomic E-state index is 0.108. The lowest BCUT2D eigenvalue weighted by molar-refractivity contribution is 0.0929. The van der Waals surface area contributed by atoms with Crippen molar-refractivity contribution in [3.63, 3.8) is 0 Å². The first-order valence-corrected chi connectivity index (χ1v) is 10.8. The number of aromatic nitrogens is 1. The maximum atomic E-state index is 12.7. The third kappa shape index (κ3) is 4.89. The molecular formula is C22H21BrClN3O2. The minimum Gasteiger partial charge on any atom is -0.355 e. The summed E-state index contributed by atoms with van der Waals surface area (Å²) in [5.41, 5.74) is 2.29. The second kappa shape index (κ2) is 9.11. The third-order valence-corrected chi connectivity index (χ3v) is 5.94. The van der Waals surface area contributed by atoms with Crippen LogP contribution in [0.3, 0.4) is 0 Å². The Kier molecular flexibility index (Phi) is 6.33. The highest BCUT2D eigenvalue weighted by Gasteiger charge is 2.24. The zero-order valence-electron chi connectivity index (χ0n) is 15.8. The number of carbonyl (C=O) groups is 1. The van der Waals surface area contributed by atoms with Crippen molar-refractivity contribution in [3.05, 3.63) is 75.4 Å². The number of amides is 1. The molecule has 5 nitrogen and oxygen atoms in total. The van der Waals surface area contributed by atoms with E-state index in [0.29, 0.717) is 17.3 Å². The Bertz CT molecular complexity index is 966. The smallest absolute Gasteiger partial charge is 0.273 e. The molecule has 1 amide bonds. The van der Waals surface area contributed by atoms with E-state index in [0.717, 1.165) is 28.7 Å². The van der Waals surface area contributed by atoms with Crippen LogP contribution in [-0.2, 0) is 0 Å². The van der Waals surface area contributed by atoms with Crippen LogP contribution < -0.4 is 5.32 Å². The van der Waals surface area contributed by atoms with E-state index in [2.05, 4.69) is 31.3 Å². The molecule has 29 heavy (non-hydrogen) atoms. The van der Waals surface area contributed by atoms with Gasteiger partial charge in [-0.05, 0) is 55.8 Å². The average Bonchev–Trinajstić information content (AvgIpc) is 3.42. The lowest BCUT2D eigenvalue weighted by atomic mass is 10.1. The standard InChI is InChI=1S/C22H21BrClN3O2/c23-17-7-3-16(4-8-17)21-13-19(26-29-21)22(28)25-14-20(27-11-1-2-12-27)15-5-9-18(24)10-6-15/h3-10,13,20H,1-2,11-12,14H2,(H,25,28). The molecule has 0 bridgehead atoms. The van der Waals surface area contributed by atoms with Crippen molar-refractivity contribution >= 4 is 33.4 Å². The summed E-state index contributed by atoms with van der Waals surface area (Å²) in [6.07, 6.45) is 2.36. The van der Waals surface area contributed by atoms with Crippen molar-refractivity contribution < 1.29 is 9.32 Å². The van der Waals surface area contributed by atoms with Crippen molar-refractivity contribution in [2.24, 2.45) is 0 Å². The summed E-state index contributed by atoms with van der Waals surface area (Å²) < 4.78 is 6.35. The average molecular weight is 475 g/mol. The Labute approximate surface area is 183 Å². The summed E-state index contributed by atoms with van der Waals surface area (Å²) in [6, 6.07) is 17.3. The molecule has 1 atom stereocenters. The van der Waals surface area contributed by atoms with E-state index in [9.17, 15) is 4.79 Å². The highest BCUT2D eigenvalue weighted by atomic mass is 79.9. The lowest BCUT2D eigenvalue weighted by Gasteiger charge is -2.28. The predicted molar refractivity (Wildman–Crippen MR) is 117 cm³/mol. The summed E-state index contributed by atoms with van der Waals surface area (Å²) in [5, 5.41) is 7.67. The van der Waals surface area contributed by atoms with Gasteiger partial charge in [0.15, 0.2) is 11.5 Å². The number of likely N-dealkylation sites (tertiary alicyclic amines) is 1. The highest BCUT2D eigenvalue weighted by Crippen LogP contribution is 2.26. The topological polar surface area (TPSA) is 58.4 Å². The van der Waals surface area contributed by atoms with Crippen LogP contribution in [0.1, 0.15) is 34.9 Å². The third-order valence-electron chi connectivity index (χ3n) is 5.16. The Morgan fingerprint density at radius 1 is 1.14 bits per heavy atom. The molecule has 1 fully saturated rings. The first-order valence-electron chi connectivity index (χ1n) is 9.60. The van der Waals surface area contributed by atoms with Crippen molar-refractivity contribution in [2.45, 2.75) is 18.9 Å². The molecule has 1 aromatic heterocycles. The van der Waals surface area contributed by atoms with Gasteiger partial charge in [-0.25, -0.2) is 0 Å². The molecular weight excluding hydrogens is 454 g/mol. The molecule has 1 aliphatic heterocycles. The van der Waals surface area contributed by atoms with Crippen molar-refractivity contribution in [2.75, 3.05) is 19.6 Å². The van der Waals surface area contributed by atoms with Crippen molar-refractivity contribution in [3.8, 4) is 11.3 Å². The van der Waals surface area contributed by atoms with Gasteiger partial charge in [-0.2, -0.15) is 0 Å². The molecule has 0 aliphatic carbocycles. The molecule has 0 saturated carbocycles. The number of nitrogens with zero attached hydrogens (tertiary/aromatic N) is 2. The van der Waals surface area contributed by atoms with E-state index in [1.807, 2.05) is 48.5 Å². The normalized spacial score (nSPS) is 15.4. The fraction of sp³-hybridized carbons (Fsp3) is 0.273. The Morgan fingerprint density at radius 3 is 2.52 bits per heavy atom. The van der Waals surface area contributed by atoms with Gasteiger partial charge in [0.1, 0.15) is 0 Å². The fourth-order valence-electron chi connectivity index (χ4n) is 3.61. The minimum atomic E-state index is -0.240. The number of carbonyl (C=O) groups excluding carboxylic acids is 1. The molecule has 2 aromatic carbocycles. The van der Waals surface area contributed by atoms with E-state index in [1.165, 1.54) is 12.8 Å². The first-order chi connectivity index (χ1) is 14.1. The van der Waals surface area contributed by atoms with E-state index >= 15 is 0 Å². The molecule has 4 rings (SSSR count). The first kappa shape index (κ1) is 20.1. The summed E-state index contributed by atoms with van der Waals surface area (Å²) in [6.45, 7) is 2.56. The number of benzene rings is 2. The van der Waals surface area contributed by atoms with Crippen molar-refractivity contribution in [1.82, 2.24) is 15.4 Å². The number of nitrogens with one attached hydrogen (secondary N) is 1. The van der Waals surface area contributed by atoms with Crippen LogP contribution in [-0.4, -0.2) is 35.6 Å². The van der Waals surface area contributed by atoms with E-state index in [-0.39, 0.29) is 17.6 Å². The maximum absolute atomic E-state index is 12.7. The molecule has 1 unspecified atom stereocenters. The van der Waals surface area contributed by atoms with Gasteiger partial charge in [-0.15, -0.1) is 0 Å². The predicted octanol–water partition coefficient (Wildman–Crippen LogP) is 5.32. The van der Waals surface area contributed by atoms with Gasteiger partial charge in [0.2, 0.25) is 0 Å². The second-order valence-electron chi connectivity index (χ2n) is 7.10. The molecule has 1 N–H and O–H groups in total. The highest BCUT2D eigenvalue weighted by molar-refractivity contribution is 9.10. The lowest BCUT2D eigenvalue weighted by Crippen LogP contribution is -2.36.